The smallest absolute Gasteiger partial charge is 0.337 e. The lowest BCUT2D eigenvalue weighted by Gasteiger charge is -2.20. The molecule has 0 radical (unpaired) electrons. The fraction of sp³-hybridized carbons (Fsp3) is 0.500. The van der Waals surface area contributed by atoms with Crippen molar-refractivity contribution in [3.05, 3.63) is 33.9 Å². The van der Waals surface area contributed by atoms with Crippen molar-refractivity contribution < 1.29 is 19.6 Å². The number of anilines is 1. The van der Waals surface area contributed by atoms with E-state index in [9.17, 15) is 20.0 Å². The van der Waals surface area contributed by atoms with Crippen molar-refractivity contribution in [3.63, 3.8) is 0 Å². The van der Waals surface area contributed by atoms with Gasteiger partial charge in [-0.15, -0.1) is 0 Å². The van der Waals surface area contributed by atoms with Crippen LogP contribution >= 0.6 is 0 Å². The van der Waals surface area contributed by atoms with Crippen molar-refractivity contribution in [2.24, 2.45) is 5.92 Å². The van der Waals surface area contributed by atoms with Gasteiger partial charge in [0, 0.05) is 25.1 Å². The first-order chi connectivity index (χ1) is 9.93. The maximum atomic E-state index is 11.6. The Hall–Kier alpha value is -2.15. The number of nitro benzene ring substituents is 1. The summed E-state index contributed by atoms with van der Waals surface area (Å²) in [5.74, 6) is -0.455. The number of carbonyl (C=O) groups excluding carboxylic acids is 1. The van der Waals surface area contributed by atoms with Gasteiger partial charge in [-0.1, -0.05) is 0 Å². The first kappa shape index (κ1) is 15.2. The van der Waals surface area contributed by atoms with E-state index in [0.717, 1.165) is 6.42 Å². The molecular weight excluding hydrogens is 276 g/mol. The number of benzene rings is 1. The molecule has 0 amide bonds. The molecule has 1 aromatic rings. The van der Waals surface area contributed by atoms with Crippen LogP contribution in [0.1, 0.15) is 23.7 Å². The van der Waals surface area contributed by atoms with Gasteiger partial charge in [0.1, 0.15) is 5.69 Å². The maximum absolute atomic E-state index is 11.6. The van der Waals surface area contributed by atoms with Gasteiger partial charge >= 0.3 is 5.97 Å². The third-order valence-corrected chi connectivity index (χ3v) is 3.84. The number of aliphatic hydroxyl groups excluding tert-OH is 1. The Morgan fingerprint density at radius 2 is 2.29 bits per heavy atom. The fourth-order valence-corrected chi connectivity index (χ4v) is 2.58. The molecule has 7 heteroatoms. The molecule has 1 heterocycles. The molecule has 0 bridgehead atoms. The van der Waals surface area contributed by atoms with Gasteiger partial charge in [0.05, 0.1) is 23.7 Å². The number of methoxy groups -OCH3 is 1. The third-order valence-electron chi connectivity index (χ3n) is 3.84. The summed E-state index contributed by atoms with van der Waals surface area (Å²) in [6.45, 7) is 2.86. The molecule has 1 saturated heterocycles. The standard InChI is InChI=1S/C14H18N2O5/c1-9(17)11-5-6-15(8-11)13-7-10(14(18)21-2)3-4-12(13)16(19)20/h3-4,7,9,11,17H,5-6,8H2,1-2H3. The summed E-state index contributed by atoms with van der Waals surface area (Å²) in [5, 5.41) is 20.8. The van der Waals surface area contributed by atoms with E-state index in [0.29, 0.717) is 18.8 Å². The van der Waals surface area contributed by atoms with E-state index in [1.165, 1.54) is 25.3 Å². The lowest BCUT2D eigenvalue weighted by atomic mass is 10.0. The number of nitrogens with zero attached hydrogens (tertiary/aromatic N) is 2. The summed E-state index contributed by atoms with van der Waals surface area (Å²) in [4.78, 5) is 24.1. The van der Waals surface area contributed by atoms with E-state index in [1.807, 2.05) is 4.90 Å². The molecule has 1 aliphatic rings. The number of esters is 1. The zero-order valence-corrected chi connectivity index (χ0v) is 12.0. The average molecular weight is 294 g/mol. The van der Waals surface area contributed by atoms with Crippen LogP contribution in [0, 0.1) is 16.0 Å². The molecule has 7 nitrogen and oxygen atoms in total. The lowest BCUT2D eigenvalue weighted by Crippen LogP contribution is -2.24. The van der Waals surface area contributed by atoms with Crippen LogP contribution in [0.5, 0.6) is 0 Å². The van der Waals surface area contributed by atoms with Gasteiger partial charge in [-0.05, 0) is 25.5 Å². The summed E-state index contributed by atoms with van der Waals surface area (Å²) >= 11 is 0. The molecule has 21 heavy (non-hydrogen) atoms. The van der Waals surface area contributed by atoms with E-state index in [4.69, 9.17) is 0 Å². The number of ether oxygens (including phenoxy) is 1. The number of hydrogen-bond donors (Lipinski definition) is 1. The molecule has 1 aliphatic heterocycles. The van der Waals surface area contributed by atoms with Crippen LogP contribution in [0.4, 0.5) is 11.4 Å². The maximum Gasteiger partial charge on any atom is 0.337 e. The molecule has 1 aromatic carbocycles. The van der Waals surface area contributed by atoms with Crippen LogP contribution in [0.3, 0.4) is 0 Å². The molecule has 114 valence electrons. The highest BCUT2D eigenvalue weighted by atomic mass is 16.6. The van der Waals surface area contributed by atoms with Crippen LogP contribution in [0.2, 0.25) is 0 Å². The van der Waals surface area contributed by atoms with Crippen LogP contribution in [0.15, 0.2) is 18.2 Å². The quantitative estimate of drug-likeness (QED) is 0.515. The van der Waals surface area contributed by atoms with E-state index < -0.39 is 17.0 Å². The Morgan fingerprint density at radius 1 is 1.57 bits per heavy atom. The molecule has 0 aliphatic carbocycles. The van der Waals surface area contributed by atoms with Gasteiger partial charge in [0.2, 0.25) is 0 Å². The molecule has 1 N–H and O–H groups in total. The normalized spacial score (nSPS) is 19.4. The first-order valence-corrected chi connectivity index (χ1v) is 6.73. The SMILES string of the molecule is COC(=O)c1ccc([N+](=O)[O-])c(N2CCC(C(C)O)C2)c1. The number of nitro groups is 1. The number of hydrogen-bond acceptors (Lipinski definition) is 6. The van der Waals surface area contributed by atoms with Gasteiger partial charge in [0.15, 0.2) is 0 Å². The van der Waals surface area contributed by atoms with Crippen molar-refractivity contribution in [1.29, 1.82) is 0 Å². The van der Waals surface area contributed by atoms with Gasteiger partial charge in [-0.2, -0.15) is 0 Å². The number of aliphatic hydroxyl groups is 1. The summed E-state index contributed by atoms with van der Waals surface area (Å²) in [6.07, 6.45) is 0.301. The number of carbonyl (C=O) groups is 1. The van der Waals surface area contributed by atoms with Crippen LogP contribution in [-0.4, -0.2) is 42.3 Å². The predicted molar refractivity (Wildman–Crippen MR) is 76.4 cm³/mol. The predicted octanol–water partition coefficient (Wildman–Crippen LogP) is 1.59. The monoisotopic (exact) mass is 294 g/mol. The van der Waals surface area contributed by atoms with Crippen molar-refractivity contribution >= 4 is 17.3 Å². The summed E-state index contributed by atoms with van der Waals surface area (Å²) in [6, 6.07) is 4.18. The van der Waals surface area contributed by atoms with E-state index in [2.05, 4.69) is 4.74 Å². The van der Waals surface area contributed by atoms with Crippen molar-refractivity contribution in [2.75, 3.05) is 25.1 Å². The molecule has 2 atom stereocenters. The van der Waals surface area contributed by atoms with Crippen LogP contribution < -0.4 is 4.90 Å². The van der Waals surface area contributed by atoms with Crippen molar-refractivity contribution in [1.82, 2.24) is 0 Å². The van der Waals surface area contributed by atoms with E-state index >= 15 is 0 Å². The lowest BCUT2D eigenvalue weighted by molar-refractivity contribution is -0.384. The van der Waals surface area contributed by atoms with Crippen LogP contribution in [0.25, 0.3) is 0 Å². The van der Waals surface area contributed by atoms with Gasteiger partial charge in [-0.25, -0.2) is 4.79 Å². The number of rotatable bonds is 4. The van der Waals surface area contributed by atoms with Crippen LogP contribution in [-0.2, 0) is 4.74 Å². The molecule has 2 rings (SSSR count). The zero-order valence-electron chi connectivity index (χ0n) is 12.0. The largest absolute Gasteiger partial charge is 0.465 e. The van der Waals surface area contributed by atoms with Crippen molar-refractivity contribution in [3.8, 4) is 0 Å². The molecule has 0 saturated carbocycles. The molecule has 0 spiro atoms. The van der Waals surface area contributed by atoms with Gasteiger partial charge in [-0.3, -0.25) is 10.1 Å². The Bertz CT molecular complexity index is 558. The highest BCUT2D eigenvalue weighted by molar-refractivity contribution is 5.91. The summed E-state index contributed by atoms with van der Waals surface area (Å²) in [7, 11) is 1.27. The average Bonchev–Trinajstić information content (AvgIpc) is 2.95. The molecule has 0 aromatic heterocycles. The Labute approximate surface area is 122 Å². The molecular formula is C14H18N2O5. The zero-order chi connectivity index (χ0) is 15.6. The second-order valence-corrected chi connectivity index (χ2v) is 5.19. The minimum absolute atomic E-state index is 0.0473. The Morgan fingerprint density at radius 3 is 2.81 bits per heavy atom. The Kier molecular flexibility index (Phi) is 4.42. The minimum atomic E-state index is -0.530. The topological polar surface area (TPSA) is 92.9 Å². The minimum Gasteiger partial charge on any atom is -0.465 e. The second-order valence-electron chi connectivity index (χ2n) is 5.19. The molecule has 2 unspecified atom stereocenters. The Balaban J connectivity index is 2.36. The fourth-order valence-electron chi connectivity index (χ4n) is 2.58. The summed E-state index contributed by atoms with van der Waals surface area (Å²) in [5.41, 5.74) is 0.624. The van der Waals surface area contributed by atoms with Gasteiger partial charge < -0.3 is 14.7 Å². The third kappa shape index (κ3) is 3.13. The highest BCUT2D eigenvalue weighted by Crippen LogP contribution is 2.34. The summed E-state index contributed by atoms with van der Waals surface area (Å²) < 4.78 is 4.65. The first-order valence-electron chi connectivity index (χ1n) is 6.73. The van der Waals surface area contributed by atoms with Gasteiger partial charge in [0.25, 0.3) is 5.69 Å². The highest BCUT2D eigenvalue weighted by Gasteiger charge is 2.30. The molecule has 1 fully saturated rings. The second kappa shape index (κ2) is 6.09. The van der Waals surface area contributed by atoms with Crippen molar-refractivity contribution in [2.45, 2.75) is 19.4 Å². The van der Waals surface area contributed by atoms with E-state index in [1.54, 1.807) is 6.92 Å². The van der Waals surface area contributed by atoms with E-state index in [-0.39, 0.29) is 17.2 Å².